The average Bonchev–Trinajstić information content (AvgIpc) is 2.85. The fourth-order valence-electron chi connectivity index (χ4n) is 4.68. The molecule has 0 unspecified atom stereocenters. The second-order valence-electron chi connectivity index (χ2n) is 8.72. The minimum absolute atomic E-state index is 0.0138. The minimum atomic E-state index is -0.258. The molecule has 2 aromatic rings. The van der Waals surface area contributed by atoms with Gasteiger partial charge in [-0.25, -0.2) is 4.39 Å². The van der Waals surface area contributed by atoms with Crippen LogP contribution in [0.3, 0.4) is 0 Å². The lowest BCUT2D eigenvalue weighted by Crippen LogP contribution is -2.48. The smallest absolute Gasteiger partial charge is 0.248 e. The number of likely N-dealkylation sites (tertiary alicyclic amines) is 1. The van der Waals surface area contributed by atoms with Gasteiger partial charge >= 0.3 is 0 Å². The van der Waals surface area contributed by atoms with Crippen LogP contribution in [-0.4, -0.2) is 69.8 Å². The monoisotopic (exact) mass is 492 g/mol. The summed E-state index contributed by atoms with van der Waals surface area (Å²) in [6, 6.07) is 10.4. The minimum Gasteiger partial charge on any atom is -0.493 e. The Morgan fingerprint density at radius 2 is 1.79 bits per heavy atom. The van der Waals surface area contributed by atoms with Gasteiger partial charge in [0.1, 0.15) is 12.4 Å². The Bertz CT molecular complexity index is 949. The Kier molecular flexibility index (Phi) is 9.56. The van der Waals surface area contributed by atoms with Crippen LogP contribution in [0, 0.1) is 11.7 Å². The van der Waals surface area contributed by atoms with Crippen molar-refractivity contribution in [3.63, 3.8) is 0 Å². The molecule has 0 bridgehead atoms. The van der Waals surface area contributed by atoms with Crippen LogP contribution in [0.15, 0.2) is 36.4 Å². The first-order valence-corrected chi connectivity index (χ1v) is 11.9. The van der Waals surface area contributed by atoms with Crippen molar-refractivity contribution in [2.24, 2.45) is 5.92 Å². The van der Waals surface area contributed by atoms with Gasteiger partial charge in [-0.05, 0) is 67.6 Å². The van der Waals surface area contributed by atoms with E-state index in [9.17, 15) is 9.18 Å². The van der Waals surface area contributed by atoms with Gasteiger partial charge in [-0.15, -0.1) is 0 Å². The summed E-state index contributed by atoms with van der Waals surface area (Å²) >= 11 is 6.58. The summed E-state index contributed by atoms with van der Waals surface area (Å²) in [4.78, 5) is 16.8. The number of ether oxygens (including phenoxy) is 3. The van der Waals surface area contributed by atoms with Crippen LogP contribution in [-0.2, 0) is 22.5 Å². The molecule has 0 aliphatic carbocycles. The number of hydrogen-bond donors (Lipinski definition) is 0. The summed E-state index contributed by atoms with van der Waals surface area (Å²) < 4.78 is 29.2. The number of nitrogens with zero attached hydrogens (tertiary/aromatic N) is 2. The van der Waals surface area contributed by atoms with Gasteiger partial charge in [0.15, 0.2) is 11.5 Å². The van der Waals surface area contributed by atoms with Crippen LogP contribution in [0.5, 0.6) is 11.5 Å². The highest BCUT2D eigenvalue weighted by Crippen LogP contribution is 2.38. The summed E-state index contributed by atoms with van der Waals surface area (Å²) in [6.07, 6.45) is 2.57. The number of halogens is 2. The van der Waals surface area contributed by atoms with Crippen molar-refractivity contribution < 1.29 is 23.4 Å². The first kappa shape index (κ1) is 26.3. The highest BCUT2D eigenvalue weighted by molar-refractivity contribution is 6.33. The highest BCUT2D eigenvalue weighted by Gasteiger charge is 2.32. The van der Waals surface area contributed by atoms with E-state index in [1.54, 1.807) is 31.3 Å². The Morgan fingerprint density at radius 3 is 2.38 bits per heavy atom. The first-order chi connectivity index (χ1) is 16.4. The van der Waals surface area contributed by atoms with Crippen molar-refractivity contribution in [3.8, 4) is 11.5 Å². The van der Waals surface area contributed by atoms with Crippen molar-refractivity contribution in [1.29, 1.82) is 0 Å². The highest BCUT2D eigenvalue weighted by atomic mass is 35.5. The molecule has 0 spiro atoms. The lowest BCUT2D eigenvalue weighted by atomic mass is 9.84. The summed E-state index contributed by atoms with van der Waals surface area (Å²) in [5, 5.41) is 0.572. The molecule has 6 nitrogen and oxygen atoms in total. The quantitative estimate of drug-likeness (QED) is 0.491. The zero-order chi connectivity index (χ0) is 24.7. The molecule has 3 rings (SSSR count). The molecule has 0 radical (unpaired) electrons. The number of methoxy groups -OCH3 is 3. The Morgan fingerprint density at radius 1 is 1.12 bits per heavy atom. The molecule has 1 fully saturated rings. The molecule has 0 saturated carbocycles. The van der Waals surface area contributed by atoms with Gasteiger partial charge in [0.25, 0.3) is 0 Å². The van der Waals surface area contributed by atoms with Gasteiger partial charge in [-0.1, -0.05) is 29.8 Å². The van der Waals surface area contributed by atoms with Crippen molar-refractivity contribution in [3.05, 3.63) is 58.4 Å². The van der Waals surface area contributed by atoms with Gasteiger partial charge in [0, 0.05) is 26.7 Å². The largest absolute Gasteiger partial charge is 0.493 e. The summed E-state index contributed by atoms with van der Waals surface area (Å²) in [5.41, 5.74) is 2.01. The van der Waals surface area contributed by atoms with Crippen LogP contribution in [0.4, 0.5) is 4.39 Å². The number of hydrogen-bond acceptors (Lipinski definition) is 5. The Labute approximate surface area is 206 Å². The SMILES string of the molecule is COCC(=O)N(C)[C@@H](Cc1ccc(F)cc1)C1CCN(Cc2ccc(OC)c(OC)c2Cl)CC1. The second kappa shape index (κ2) is 12.4. The fourth-order valence-corrected chi connectivity index (χ4v) is 4.97. The number of likely N-dealkylation sites (N-methyl/N-ethyl adjacent to an activating group) is 1. The number of benzene rings is 2. The predicted molar refractivity (Wildman–Crippen MR) is 131 cm³/mol. The first-order valence-electron chi connectivity index (χ1n) is 11.5. The van der Waals surface area contributed by atoms with Crippen LogP contribution >= 0.6 is 11.6 Å². The lowest BCUT2D eigenvalue weighted by molar-refractivity contribution is -0.137. The molecule has 1 amide bonds. The van der Waals surface area contributed by atoms with Crippen molar-refractivity contribution in [2.75, 3.05) is 48.1 Å². The zero-order valence-corrected chi connectivity index (χ0v) is 21.1. The van der Waals surface area contributed by atoms with E-state index in [1.807, 2.05) is 19.2 Å². The summed E-state index contributed by atoms with van der Waals surface area (Å²) in [6.45, 7) is 2.54. The maximum absolute atomic E-state index is 13.4. The maximum Gasteiger partial charge on any atom is 0.248 e. The molecule has 2 aromatic carbocycles. The molecule has 0 aromatic heterocycles. The molecule has 1 saturated heterocycles. The second-order valence-corrected chi connectivity index (χ2v) is 9.10. The molecule has 1 atom stereocenters. The van der Waals surface area contributed by atoms with E-state index >= 15 is 0 Å². The number of amides is 1. The molecule has 1 aliphatic heterocycles. The Balaban J connectivity index is 1.69. The zero-order valence-electron chi connectivity index (χ0n) is 20.4. The van der Waals surface area contributed by atoms with E-state index in [0.717, 1.165) is 37.1 Å². The molecule has 8 heteroatoms. The third-order valence-electron chi connectivity index (χ3n) is 6.65. The Hall–Kier alpha value is -2.35. The maximum atomic E-state index is 13.4. The third kappa shape index (κ3) is 6.40. The molecule has 1 heterocycles. The van der Waals surface area contributed by atoms with Crippen molar-refractivity contribution >= 4 is 17.5 Å². The van der Waals surface area contributed by atoms with Gasteiger partial charge in [0.2, 0.25) is 5.91 Å². The van der Waals surface area contributed by atoms with E-state index in [0.29, 0.717) is 35.4 Å². The third-order valence-corrected chi connectivity index (χ3v) is 7.07. The van der Waals surface area contributed by atoms with Crippen LogP contribution in [0.25, 0.3) is 0 Å². The van der Waals surface area contributed by atoms with E-state index in [4.69, 9.17) is 25.8 Å². The normalized spacial score (nSPS) is 15.7. The molecular weight excluding hydrogens is 459 g/mol. The van der Waals surface area contributed by atoms with Gasteiger partial charge in [0.05, 0.1) is 19.2 Å². The number of rotatable bonds is 10. The molecule has 0 N–H and O–H groups in total. The summed E-state index contributed by atoms with van der Waals surface area (Å²) in [5.74, 6) is 1.19. The van der Waals surface area contributed by atoms with E-state index in [2.05, 4.69) is 4.90 Å². The van der Waals surface area contributed by atoms with E-state index in [-0.39, 0.29) is 24.4 Å². The lowest BCUT2D eigenvalue weighted by Gasteiger charge is -2.40. The van der Waals surface area contributed by atoms with E-state index in [1.165, 1.54) is 19.2 Å². The van der Waals surface area contributed by atoms with Crippen molar-refractivity contribution in [2.45, 2.75) is 31.8 Å². The van der Waals surface area contributed by atoms with Gasteiger partial charge in [-0.2, -0.15) is 0 Å². The standard InChI is InChI=1S/C26H34ClFN2O4/c1-29(24(31)17-32-2)22(15-18-5-8-21(28)9-6-18)19-11-13-30(14-12-19)16-20-7-10-23(33-3)26(34-4)25(20)27/h5-10,19,22H,11-17H2,1-4H3/t22-/m0/s1. The van der Waals surface area contributed by atoms with Crippen LogP contribution in [0.2, 0.25) is 5.02 Å². The molecular formula is C26H34ClFN2O4. The average molecular weight is 493 g/mol. The molecule has 186 valence electrons. The van der Waals surface area contributed by atoms with Crippen molar-refractivity contribution in [1.82, 2.24) is 9.80 Å². The van der Waals surface area contributed by atoms with Gasteiger partial charge in [-0.3, -0.25) is 9.69 Å². The number of carbonyl (C=O) groups excluding carboxylic acids is 1. The van der Waals surface area contributed by atoms with Gasteiger partial charge < -0.3 is 19.1 Å². The topological polar surface area (TPSA) is 51.2 Å². The van der Waals surface area contributed by atoms with E-state index < -0.39 is 0 Å². The number of carbonyl (C=O) groups is 1. The summed E-state index contributed by atoms with van der Waals surface area (Å²) in [7, 11) is 6.54. The predicted octanol–water partition coefficient (Wildman–Crippen LogP) is 4.42. The van der Waals surface area contributed by atoms with Crippen LogP contribution in [0.1, 0.15) is 24.0 Å². The number of piperidine rings is 1. The fraction of sp³-hybridized carbons (Fsp3) is 0.500. The van der Waals surface area contributed by atoms with Crippen LogP contribution < -0.4 is 9.47 Å². The molecule has 1 aliphatic rings. The molecule has 34 heavy (non-hydrogen) atoms.